The van der Waals surface area contributed by atoms with Gasteiger partial charge in [0.1, 0.15) is 5.72 Å². The van der Waals surface area contributed by atoms with E-state index in [1.165, 1.54) is 19.6 Å². The van der Waals surface area contributed by atoms with Crippen molar-refractivity contribution < 1.29 is 44.8 Å². The Morgan fingerprint density at radius 1 is 0.955 bits per heavy atom. The monoisotopic (exact) mass is 362 g/mol. The summed E-state index contributed by atoms with van der Waals surface area (Å²) >= 11 is 0. The minimum absolute atomic E-state index is 0.656. The molecule has 3 nitrogen and oxygen atoms in total. The van der Waals surface area contributed by atoms with Gasteiger partial charge in [0.25, 0.3) is 0 Å². The topological polar surface area (TPSA) is 32.4 Å². The molecule has 0 fully saturated rings. The second kappa shape index (κ2) is 5.87. The van der Waals surface area contributed by atoms with Crippen LogP contribution in [-0.2, 0) is 9.63 Å². The smallest absolute Gasteiger partial charge is 0.398 e. The summed E-state index contributed by atoms with van der Waals surface area (Å²) in [6.45, 7) is 5.58. The van der Waals surface area contributed by atoms with Gasteiger partial charge in [0.2, 0.25) is 0 Å². The van der Waals surface area contributed by atoms with Gasteiger partial charge in [0.15, 0.2) is 8.32 Å². The molecule has 0 heterocycles. The van der Waals surface area contributed by atoms with Crippen LogP contribution in [0.5, 0.6) is 0 Å². The Balaban J connectivity index is 5.72. The van der Waals surface area contributed by atoms with Gasteiger partial charge in [-0.15, -0.1) is 5.21 Å². The van der Waals surface area contributed by atoms with Gasteiger partial charge < -0.3 is 4.43 Å². The minimum atomic E-state index is -6.60. The number of halogens is 8. The third-order valence-electron chi connectivity index (χ3n) is 2.37. The average Bonchev–Trinajstić information content (AvgIpc) is 2.23. The van der Waals surface area contributed by atoms with Gasteiger partial charge in [-0.1, -0.05) is 5.06 Å². The maximum atomic E-state index is 13.5. The summed E-state index contributed by atoms with van der Waals surface area (Å²) in [5, 5.41) is 9.79. The van der Waals surface area contributed by atoms with E-state index in [1.54, 1.807) is 0 Å². The molecule has 0 amide bonds. The number of hydrogen-bond acceptors (Lipinski definition) is 2. The lowest BCUT2D eigenvalue weighted by atomic mass is 10.1. The fraction of sp³-hybridized carbons (Fsp3) is 1.00. The molecule has 0 unspecified atom stereocenters. The van der Waals surface area contributed by atoms with Crippen molar-refractivity contribution in [1.29, 1.82) is 0 Å². The van der Waals surface area contributed by atoms with E-state index in [4.69, 9.17) is 4.43 Å². The van der Waals surface area contributed by atoms with E-state index in [0.29, 0.717) is 13.8 Å². The number of alkyl halides is 8. The van der Waals surface area contributed by atoms with Gasteiger partial charge in [-0.05, 0) is 33.5 Å². The third kappa shape index (κ3) is 3.89. The Labute approximate surface area is 122 Å². The maximum absolute atomic E-state index is 13.5. The van der Waals surface area contributed by atoms with E-state index in [2.05, 4.69) is 0 Å². The first-order chi connectivity index (χ1) is 9.31. The van der Waals surface area contributed by atoms with Gasteiger partial charge in [0.05, 0.1) is 0 Å². The van der Waals surface area contributed by atoms with Crippen molar-refractivity contribution in [2.45, 2.75) is 63.5 Å². The summed E-state index contributed by atoms with van der Waals surface area (Å²) < 4.78 is 108. The molecule has 0 aliphatic carbocycles. The highest BCUT2D eigenvalue weighted by Crippen LogP contribution is 2.51. The van der Waals surface area contributed by atoms with Crippen LogP contribution in [0, 0.1) is 0 Å². The van der Waals surface area contributed by atoms with E-state index < -0.39 is 43.4 Å². The van der Waals surface area contributed by atoms with E-state index in [-0.39, 0.29) is 0 Å². The van der Waals surface area contributed by atoms with Crippen molar-refractivity contribution in [3.63, 3.8) is 0 Å². The number of hydroxylamine groups is 2. The second-order valence-electron chi connectivity index (χ2n) is 5.99. The van der Waals surface area contributed by atoms with Crippen LogP contribution in [0.15, 0.2) is 0 Å². The Kier molecular flexibility index (Phi) is 5.75. The Morgan fingerprint density at radius 3 is 1.59 bits per heavy atom. The van der Waals surface area contributed by atoms with Crippen molar-refractivity contribution in [1.82, 2.24) is 5.06 Å². The van der Waals surface area contributed by atoms with Crippen molar-refractivity contribution in [3.8, 4) is 0 Å². The first-order valence-electron chi connectivity index (χ1n) is 5.90. The molecule has 0 aromatic rings. The van der Waals surface area contributed by atoms with Crippen molar-refractivity contribution in [3.05, 3.63) is 0 Å². The van der Waals surface area contributed by atoms with Crippen LogP contribution in [0.25, 0.3) is 0 Å². The summed E-state index contributed by atoms with van der Waals surface area (Å²) in [6.07, 6.45) is -5.08. The van der Waals surface area contributed by atoms with E-state index >= 15 is 0 Å². The summed E-state index contributed by atoms with van der Waals surface area (Å²) in [5.41, 5.74) is -2.63. The van der Waals surface area contributed by atoms with E-state index in [1.807, 2.05) is 0 Å². The molecule has 0 rings (SSSR count). The zero-order chi connectivity index (χ0) is 18.4. The van der Waals surface area contributed by atoms with Crippen LogP contribution in [-0.4, -0.2) is 43.4 Å². The molecule has 0 aliphatic rings. The van der Waals surface area contributed by atoms with Crippen molar-refractivity contribution in [2.24, 2.45) is 0 Å². The van der Waals surface area contributed by atoms with Gasteiger partial charge in [-0.25, -0.2) is 8.78 Å². The summed E-state index contributed by atoms with van der Waals surface area (Å²) in [7, 11) is -2.72. The molecule has 0 bridgehead atoms. The van der Waals surface area contributed by atoms with Crippen molar-refractivity contribution >= 4 is 8.32 Å². The molecule has 0 spiro atoms. The van der Waals surface area contributed by atoms with Gasteiger partial charge in [-0.2, -0.15) is 26.3 Å². The van der Waals surface area contributed by atoms with Gasteiger partial charge in [0, 0.05) is 0 Å². The molecule has 0 aromatic heterocycles. The molecule has 22 heavy (non-hydrogen) atoms. The first kappa shape index (κ1) is 21.5. The molecule has 0 aliphatic heterocycles. The summed E-state index contributed by atoms with van der Waals surface area (Å²) in [6, 6.07) is -6.12. The molecule has 0 saturated heterocycles. The molecular weight excluding hydrogens is 346 g/mol. The van der Waals surface area contributed by atoms with Crippen LogP contribution in [0.1, 0.15) is 13.8 Å². The highest BCUT2D eigenvalue weighted by molar-refractivity contribution is 6.69. The van der Waals surface area contributed by atoms with Crippen LogP contribution < -0.4 is 0 Å². The van der Waals surface area contributed by atoms with Gasteiger partial charge >= 0.3 is 24.3 Å². The lowest BCUT2D eigenvalue weighted by molar-refractivity contribution is -0.470. The normalized spacial score (nSPS) is 15.8. The predicted molar refractivity (Wildman–Crippen MR) is 61.9 cm³/mol. The minimum Gasteiger partial charge on any atom is -0.398 e. The molecule has 1 radical (unpaired) electrons. The Hall–Kier alpha value is -0.463. The largest absolute Gasteiger partial charge is 0.400 e. The van der Waals surface area contributed by atoms with Gasteiger partial charge in [-0.3, -0.25) is 0 Å². The highest BCUT2D eigenvalue weighted by atomic mass is 28.4. The molecular formula is C10H16F8NO2Si. The average molecular weight is 362 g/mol. The highest BCUT2D eigenvalue weighted by Gasteiger charge is 2.79. The fourth-order valence-corrected chi connectivity index (χ4v) is 3.18. The van der Waals surface area contributed by atoms with E-state index in [9.17, 15) is 40.3 Å². The first-order valence-corrected chi connectivity index (χ1v) is 9.31. The lowest BCUT2D eigenvalue weighted by Gasteiger charge is -2.43. The Morgan fingerprint density at radius 2 is 1.32 bits per heavy atom. The molecule has 0 atom stereocenters. The molecule has 12 heteroatoms. The number of rotatable bonds is 7. The van der Waals surface area contributed by atoms with E-state index in [0.717, 1.165) is 0 Å². The van der Waals surface area contributed by atoms with Crippen LogP contribution in [0.3, 0.4) is 0 Å². The standard InChI is InChI=1S/C10H16F8NO2Si/c1-7(2,21-22(3,4)5)19(20)10(17,18)9(15,16)8(13,14)6(11)12/h6H,1-5H3. The van der Waals surface area contributed by atoms with Crippen LogP contribution in [0.4, 0.5) is 35.1 Å². The van der Waals surface area contributed by atoms with Crippen molar-refractivity contribution in [2.75, 3.05) is 0 Å². The summed E-state index contributed by atoms with van der Waals surface area (Å²) in [4.78, 5) is 0. The number of nitrogens with zero attached hydrogens (tertiary/aromatic N) is 1. The zero-order valence-electron chi connectivity index (χ0n) is 12.4. The zero-order valence-corrected chi connectivity index (χ0v) is 13.4. The predicted octanol–water partition coefficient (Wildman–Crippen LogP) is 4.35. The molecule has 133 valence electrons. The lowest BCUT2D eigenvalue weighted by Crippen LogP contribution is -2.68. The van der Waals surface area contributed by atoms with Crippen LogP contribution in [0.2, 0.25) is 19.6 Å². The molecule has 0 aromatic carbocycles. The molecule has 0 saturated carbocycles. The summed E-state index contributed by atoms with van der Waals surface area (Å²) in [5.74, 6) is -13.0. The van der Waals surface area contributed by atoms with Crippen LogP contribution >= 0.6 is 0 Å². The SMILES string of the molecule is CC(C)(O[Si](C)(C)C)N([O])C(F)(F)C(F)(F)C(F)(F)C(F)F. The molecule has 0 N–H and O–H groups in total. The fourth-order valence-electron chi connectivity index (χ4n) is 1.59. The number of hydrogen-bond donors (Lipinski definition) is 0. The third-order valence-corrected chi connectivity index (χ3v) is 3.48. The quantitative estimate of drug-likeness (QED) is 0.222. The maximum Gasteiger partial charge on any atom is 0.400 e. The Bertz CT molecular complexity index is 397. The second-order valence-corrected chi connectivity index (χ2v) is 10.4.